The molecule has 2 aliphatic carbocycles. The van der Waals surface area contributed by atoms with Crippen LogP contribution in [0.25, 0.3) is 82.1 Å². The molecular formula is C67H52N2O. The largest absolute Gasteiger partial charge is 0.454 e. The van der Waals surface area contributed by atoms with E-state index >= 15 is 0 Å². The zero-order valence-corrected chi connectivity index (χ0v) is 39.9. The topological polar surface area (TPSA) is 21.3 Å². The van der Waals surface area contributed by atoms with Crippen LogP contribution in [0.4, 0.5) is 17.1 Å². The molecule has 12 aromatic rings. The van der Waals surface area contributed by atoms with E-state index in [0.29, 0.717) is 5.92 Å². The molecule has 3 aliphatic rings. The van der Waals surface area contributed by atoms with Crippen molar-refractivity contribution in [3.8, 4) is 16.8 Å². The lowest BCUT2D eigenvalue weighted by Crippen LogP contribution is -2.33. The van der Waals surface area contributed by atoms with E-state index in [0.717, 1.165) is 33.6 Å². The summed E-state index contributed by atoms with van der Waals surface area (Å²) in [6.07, 6.45) is 6.30. The number of para-hydroxylation sites is 5. The predicted octanol–water partition coefficient (Wildman–Crippen LogP) is 18.5. The normalized spacial score (nSPS) is 16.5. The molecule has 70 heavy (non-hydrogen) atoms. The summed E-state index contributed by atoms with van der Waals surface area (Å²) in [6.45, 7) is 6.90. The van der Waals surface area contributed by atoms with Gasteiger partial charge in [0.2, 0.25) is 0 Å². The summed E-state index contributed by atoms with van der Waals surface area (Å²) in [5, 5.41) is 9.88. The van der Waals surface area contributed by atoms with Crippen LogP contribution in [0.2, 0.25) is 0 Å². The van der Waals surface area contributed by atoms with Gasteiger partial charge in [0.1, 0.15) is 5.58 Å². The standard InChI is InChI=1S/C67H52N2O/c1-66(2,3)43-35-37-44(38-36-43)68(59-33-17-28-52-51-27-15-25-46(64(51)70-65(52)59)41-18-5-4-6-19-41)60-40-56-62(49-24-10-9-22-47(49)60)61-45-21-8-7-20-42(45)34-39-54(61)67(56)53-29-12-14-32-58(53)69-57-31-13-11-23-48(57)50-26-16-30-55(67)63(50)69/h7-17,20-41H,4-6,18-19H2,1-3H3. The molecule has 2 aromatic heterocycles. The first-order chi connectivity index (χ1) is 34.4. The second-order valence-electron chi connectivity index (χ2n) is 21.3. The van der Waals surface area contributed by atoms with Gasteiger partial charge in [-0.15, -0.1) is 0 Å². The Morgan fingerprint density at radius 2 is 1.13 bits per heavy atom. The van der Waals surface area contributed by atoms with Crippen LogP contribution in [0.5, 0.6) is 0 Å². The van der Waals surface area contributed by atoms with Gasteiger partial charge in [-0.3, -0.25) is 0 Å². The summed E-state index contributed by atoms with van der Waals surface area (Å²) in [4.78, 5) is 2.53. The Balaban J connectivity index is 1.10. The third-order valence-electron chi connectivity index (χ3n) is 16.7. The molecule has 15 rings (SSSR count). The zero-order valence-electron chi connectivity index (χ0n) is 39.9. The monoisotopic (exact) mass is 900 g/mol. The molecule has 0 bridgehead atoms. The Morgan fingerprint density at radius 1 is 0.486 bits per heavy atom. The molecule has 336 valence electrons. The molecule has 1 unspecified atom stereocenters. The van der Waals surface area contributed by atoms with Gasteiger partial charge < -0.3 is 13.9 Å². The number of hydrogen-bond acceptors (Lipinski definition) is 2. The molecule has 0 N–H and O–H groups in total. The molecule has 1 spiro atoms. The molecule has 10 aromatic carbocycles. The Morgan fingerprint density at radius 3 is 1.96 bits per heavy atom. The van der Waals surface area contributed by atoms with Crippen molar-refractivity contribution in [2.45, 2.75) is 69.6 Å². The molecule has 0 radical (unpaired) electrons. The highest BCUT2D eigenvalue weighted by Gasteiger charge is 2.52. The van der Waals surface area contributed by atoms with Gasteiger partial charge >= 0.3 is 0 Å². The average molecular weight is 901 g/mol. The van der Waals surface area contributed by atoms with Crippen molar-refractivity contribution in [3.05, 3.63) is 228 Å². The van der Waals surface area contributed by atoms with Crippen molar-refractivity contribution >= 4 is 82.4 Å². The van der Waals surface area contributed by atoms with E-state index in [4.69, 9.17) is 4.42 Å². The molecule has 1 aliphatic heterocycles. The number of nitrogens with zero attached hydrogens (tertiary/aromatic N) is 2. The highest BCUT2D eigenvalue weighted by molar-refractivity contribution is 6.19. The summed E-state index contributed by atoms with van der Waals surface area (Å²) in [7, 11) is 0. The van der Waals surface area contributed by atoms with Crippen molar-refractivity contribution in [3.63, 3.8) is 0 Å². The van der Waals surface area contributed by atoms with Gasteiger partial charge in [-0.1, -0.05) is 198 Å². The molecular weight excluding hydrogens is 849 g/mol. The summed E-state index contributed by atoms with van der Waals surface area (Å²) in [5.41, 5.74) is 18.8. The number of aromatic nitrogens is 1. The fraction of sp³-hybridized carbons (Fsp3) is 0.164. The fourth-order valence-electron chi connectivity index (χ4n) is 13.6. The van der Waals surface area contributed by atoms with E-state index in [2.05, 4.69) is 224 Å². The first-order valence-corrected chi connectivity index (χ1v) is 25.5. The van der Waals surface area contributed by atoms with E-state index in [1.807, 2.05) is 0 Å². The SMILES string of the molecule is CC(C)(C)c1ccc(N(c2cc3c(c4ccccc24)-c2c(ccc4ccccc24)C32c3ccccc3-n3c4ccccc4c4cccc2c43)c2cccc3c2oc2c(C4CCCCC4)cccc23)cc1. The van der Waals surface area contributed by atoms with Crippen LogP contribution in [-0.4, -0.2) is 4.57 Å². The summed E-state index contributed by atoms with van der Waals surface area (Å²) < 4.78 is 9.94. The lowest BCUT2D eigenvalue weighted by molar-refractivity contribution is 0.442. The summed E-state index contributed by atoms with van der Waals surface area (Å²) in [6, 6.07) is 73.9. The van der Waals surface area contributed by atoms with Crippen LogP contribution in [-0.2, 0) is 10.8 Å². The van der Waals surface area contributed by atoms with Crippen LogP contribution in [0.1, 0.15) is 92.2 Å². The van der Waals surface area contributed by atoms with Crippen molar-refractivity contribution in [2.75, 3.05) is 4.90 Å². The molecule has 3 nitrogen and oxygen atoms in total. The average Bonchev–Trinajstić information content (AvgIpc) is 4.06. The fourth-order valence-corrected chi connectivity index (χ4v) is 13.6. The van der Waals surface area contributed by atoms with E-state index in [-0.39, 0.29) is 5.41 Å². The highest BCUT2D eigenvalue weighted by Crippen LogP contribution is 2.65. The number of fused-ring (bicyclic) bond motifs is 19. The Kier molecular flexibility index (Phi) is 8.34. The minimum absolute atomic E-state index is 0.00329. The third kappa shape index (κ3) is 5.30. The number of furan rings is 1. The predicted molar refractivity (Wildman–Crippen MR) is 293 cm³/mol. The van der Waals surface area contributed by atoms with E-state index < -0.39 is 5.41 Å². The number of benzene rings is 10. The lowest BCUT2D eigenvalue weighted by atomic mass is 9.65. The van der Waals surface area contributed by atoms with Gasteiger partial charge in [-0.25, -0.2) is 0 Å². The molecule has 0 saturated heterocycles. The smallest absolute Gasteiger partial charge is 0.159 e. The van der Waals surface area contributed by atoms with Gasteiger partial charge in [0, 0.05) is 32.6 Å². The first kappa shape index (κ1) is 40.0. The Bertz CT molecular complexity index is 4150. The molecule has 0 amide bonds. The molecule has 1 atom stereocenters. The number of hydrogen-bond donors (Lipinski definition) is 0. The molecule has 3 heterocycles. The van der Waals surface area contributed by atoms with Gasteiger partial charge in [0.25, 0.3) is 0 Å². The van der Waals surface area contributed by atoms with Crippen LogP contribution < -0.4 is 4.90 Å². The van der Waals surface area contributed by atoms with E-state index in [9.17, 15) is 0 Å². The second kappa shape index (κ2) is 14.6. The van der Waals surface area contributed by atoms with Gasteiger partial charge in [0.05, 0.1) is 33.5 Å². The highest BCUT2D eigenvalue weighted by atomic mass is 16.3. The lowest BCUT2D eigenvalue weighted by Gasteiger charge is -2.40. The van der Waals surface area contributed by atoms with Crippen LogP contribution >= 0.6 is 0 Å². The van der Waals surface area contributed by atoms with Gasteiger partial charge in [-0.05, 0) is 121 Å². The van der Waals surface area contributed by atoms with Crippen molar-refractivity contribution in [2.24, 2.45) is 0 Å². The summed E-state index contributed by atoms with van der Waals surface area (Å²) >= 11 is 0. The second-order valence-corrected chi connectivity index (χ2v) is 21.3. The van der Waals surface area contributed by atoms with Gasteiger partial charge in [-0.2, -0.15) is 0 Å². The summed E-state index contributed by atoms with van der Waals surface area (Å²) in [5.74, 6) is 0.513. The molecule has 1 saturated carbocycles. The minimum Gasteiger partial charge on any atom is -0.454 e. The zero-order chi connectivity index (χ0) is 46.5. The quantitative estimate of drug-likeness (QED) is 0.175. The van der Waals surface area contributed by atoms with Crippen LogP contribution in [0.3, 0.4) is 0 Å². The van der Waals surface area contributed by atoms with Crippen molar-refractivity contribution in [1.82, 2.24) is 4.57 Å². The van der Waals surface area contributed by atoms with E-state index in [1.165, 1.54) is 131 Å². The van der Waals surface area contributed by atoms with Crippen molar-refractivity contribution in [1.29, 1.82) is 0 Å². The minimum atomic E-state index is -0.657. The molecule has 3 heteroatoms. The first-order valence-electron chi connectivity index (χ1n) is 25.5. The third-order valence-corrected chi connectivity index (χ3v) is 16.7. The maximum absolute atomic E-state index is 7.39. The van der Waals surface area contributed by atoms with Gasteiger partial charge in [0.15, 0.2) is 5.58 Å². The van der Waals surface area contributed by atoms with E-state index in [1.54, 1.807) is 0 Å². The molecule has 1 fully saturated rings. The van der Waals surface area contributed by atoms with Crippen LogP contribution in [0.15, 0.2) is 199 Å². The Labute approximate surface area is 408 Å². The van der Waals surface area contributed by atoms with Crippen LogP contribution in [0, 0.1) is 0 Å². The number of rotatable bonds is 4. The van der Waals surface area contributed by atoms with Crippen molar-refractivity contribution < 1.29 is 4.42 Å². The Hall–Kier alpha value is -7.88. The maximum Gasteiger partial charge on any atom is 0.159 e. The number of anilines is 3. The maximum atomic E-state index is 7.39.